The van der Waals surface area contributed by atoms with Crippen LogP contribution in [-0.4, -0.2) is 74.4 Å². The second-order valence-corrected chi connectivity index (χ2v) is 16.7. The van der Waals surface area contributed by atoms with Gasteiger partial charge < -0.3 is 9.84 Å². The molecule has 270 valence electrons. The van der Waals surface area contributed by atoms with E-state index in [2.05, 4.69) is 12.1 Å². The number of unbranched alkanes of at least 4 members (excludes halogenated alkanes) is 7. The number of aliphatic hydroxyl groups excluding tert-OH is 2. The summed E-state index contributed by atoms with van der Waals surface area (Å²) in [5, 5.41) is 21.7. The Kier molecular flexibility index (Phi) is 18.8. The van der Waals surface area contributed by atoms with Crippen LogP contribution in [0.15, 0.2) is 30.3 Å². The molecule has 9 heteroatoms. The van der Waals surface area contributed by atoms with E-state index in [4.69, 9.17) is 14.2 Å². The average molecular weight is 732 g/mol. The maximum atomic E-state index is 14.8. The summed E-state index contributed by atoms with van der Waals surface area (Å²) >= 11 is 0.0225. The predicted octanol–water partition coefficient (Wildman–Crippen LogP) is 8.14. The van der Waals surface area contributed by atoms with Gasteiger partial charge >= 0.3 is 188 Å². The van der Waals surface area contributed by atoms with Gasteiger partial charge in [0.25, 0.3) is 5.92 Å². The van der Waals surface area contributed by atoms with E-state index in [1.807, 2.05) is 39.0 Å². The quantitative estimate of drug-likeness (QED) is 0.0672. The zero-order valence-corrected chi connectivity index (χ0v) is 30.8. The van der Waals surface area contributed by atoms with Crippen LogP contribution in [-0.2, 0) is 19.0 Å². The first-order chi connectivity index (χ1) is 22.6. The minimum absolute atomic E-state index is 0.00489. The third-order valence-electron chi connectivity index (χ3n) is 9.72. The van der Waals surface area contributed by atoms with Gasteiger partial charge in [0.1, 0.15) is 6.10 Å². The summed E-state index contributed by atoms with van der Waals surface area (Å²) in [6.45, 7) is 6.49. The van der Waals surface area contributed by atoms with Crippen molar-refractivity contribution in [2.75, 3.05) is 6.61 Å². The molecule has 2 N–H and O–H groups in total. The molecule has 0 amide bonds. The van der Waals surface area contributed by atoms with E-state index < -0.39 is 18.1 Å². The molecular weight excluding hydrogens is 669 g/mol. The van der Waals surface area contributed by atoms with Crippen molar-refractivity contribution < 1.29 is 38.0 Å². The molecule has 3 rings (SSSR count). The van der Waals surface area contributed by atoms with Gasteiger partial charge in [-0.3, -0.25) is 0 Å². The van der Waals surface area contributed by atoms with E-state index in [0.717, 1.165) is 83.5 Å². The third kappa shape index (κ3) is 14.7. The second-order valence-electron chi connectivity index (χ2n) is 14.0. The smallest absolute Gasteiger partial charge is 0.353 e. The van der Waals surface area contributed by atoms with E-state index >= 15 is 0 Å². The number of rotatable bonds is 23. The van der Waals surface area contributed by atoms with Gasteiger partial charge in [0, 0.05) is 13.0 Å². The molecule has 0 bridgehead atoms. The summed E-state index contributed by atoms with van der Waals surface area (Å²) in [6.07, 6.45) is 10.2. The first kappa shape index (κ1) is 40.3. The van der Waals surface area contributed by atoms with Gasteiger partial charge in [-0.05, 0) is 25.7 Å². The fourth-order valence-electron chi connectivity index (χ4n) is 7.08. The van der Waals surface area contributed by atoms with Gasteiger partial charge in [-0.25, -0.2) is 8.78 Å². The van der Waals surface area contributed by atoms with Crippen LogP contribution in [0.3, 0.4) is 0 Å². The van der Waals surface area contributed by atoms with Crippen LogP contribution in [0.25, 0.3) is 0 Å². The molecule has 1 saturated carbocycles. The Morgan fingerprint density at radius 3 is 2.40 bits per heavy atom. The number of benzene rings is 1. The van der Waals surface area contributed by atoms with Crippen molar-refractivity contribution in [2.24, 2.45) is 11.8 Å². The Morgan fingerprint density at radius 1 is 0.979 bits per heavy atom. The van der Waals surface area contributed by atoms with Crippen LogP contribution in [0.2, 0.25) is 4.82 Å². The van der Waals surface area contributed by atoms with Crippen LogP contribution in [0.5, 0.6) is 0 Å². The molecular formula is C38H62F2O6Se. The molecule has 1 aromatic rings. The number of ether oxygens (including phenoxy) is 3. The topological polar surface area (TPSA) is 85.2 Å². The number of esters is 1. The summed E-state index contributed by atoms with van der Waals surface area (Å²) < 4.78 is 48.5. The molecule has 7 atom stereocenters. The maximum absolute atomic E-state index is 14.8. The summed E-state index contributed by atoms with van der Waals surface area (Å²) in [5.41, 5.74) is 0. The molecule has 3 unspecified atom stereocenters. The Labute approximate surface area is 289 Å². The summed E-state index contributed by atoms with van der Waals surface area (Å²) in [7, 11) is 0. The monoisotopic (exact) mass is 732 g/mol. The van der Waals surface area contributed by atoms with E-state index in [0.29, 0.717) is 25.9 Å². The molecule has 0 aromatic heterocycles. The summed E-state index contributed by atoms with van der Waals surface area (Å²) in [5.74, 6) is -3.33. The zero-order chi connectivity index (χ0) is 34.1. The number of carbonyl (C=O) groups is 1. The van der Waals surface area contributed by atoms with E-state index in [1.54, 1.807) is 0 Å². The van der Waals surface area contributed by atoms with E-state index in [9.17, 15) is 23.8 Å². The van der Waals surface area contributed by atoms with Gasteiger partial charge in [-0.1, -0.05) is 26.2 Å². The fraction of sp³-hybridized carbons (Fsp3) is 0.816. The normalized spacial score (nSPS) is 24.8. The molecule has 1 saturated heterocycles. The molecule has 0 radical (unpaired) electrons. The minimum Gasteiger partial charge on any atom is -0.353 e. The van der Waals surface area contributed by atoms with Crippen LogP contribution in [0.4, 0.5) is 8.78 Å². The Bertz CT molecular complexity index is 976. The average Bonchev–Trinajstić information content (AvgIpc) is 3.34. The Balaban J connectivity index is 1.48. The van der Waals surface area contributed by atoms with Crippen molar-refractivity contribution in [1.29, 1.82) is 0 Å². The predicted molar refractivity (Wildman–Crippen MR) is 184 cm³/mol. The molecule has 1 aromatic carbocycles. The molecule has 47 heavy (non-hydrogen) atoms. The first-order valence-corrected chi connectivity index (χ1v) is 20.4. The van der Waals surface area contributed by atoms with Crippen molar-refractivity contribution in [3.8, 4) is 0 Å². The molecule has 6 nitrogen and oxygen atoms in total. The molecule has 0 spiro atoms. The number of hydrogen-bond acceptors (Lipinski definition) is 6. The number of hydrogen-bond donors (Lipinski definition) is 2. The second kappa shape index (κ2) is 21.9. The third-order valence-corrected chi connectivity index (χ3v) is 12.4. The van der Waals surface area contributed by atoms with Crippen molar-refractivity contribution >= 4 is 25.4 Å². The van der Waals surface area contributed by atoms with E-state index in [1.165, 1.54) is 4.46 Å². The number of carbonyl (C=O) groups excluding carboxylic acids is 1. The van der Waals surface area contributed by atoms with Crippen molar-refractivity contribution in [2.45, 2.75) is 178 Å². The van der Waals surface area contributed by atoms with Gasteiger partial charge in [-0.15, -0.1) is 0 Å². The van der Waals surface area contributed by atoms with E-state index in [-0.39, 0.29) is 68.9 Å². The fourth-order valence-corrected chi connectivity index (χ4v) is 9.34. The van der Waals surface area contributed by atoms with Gasteiger partial charge in [0.15, 0.2) is 6.29 Å². The Hall–Kier alpha value is -1.09. The van der Waals surface area contributed by atoms with Crippen molar-refractivity contribution in [3.05, 3.63) is 30.3 Å². The van der Waals surface area contributed by atoms with Gasteiger partial charge in [0.05, 0.1) is 0 Å². The number of alkyl halides is 2. The first-order valence-electron chi connectivity index (χ1n) is 18.5. The Morgan fingerprint density at radius 2 is 1.70 bits per heavy atom. The standard InChI is InChI=1S/C38H62F2O6Se/c1-4-5-6-16-25-38(39,40)35(42)24-23-31-30(32(41)27-33(31)46-36-22-15-17-26-44-36)20-13-8-7-9-14-21-34(37(43)45-28(2)3)47-29-18-11-10-12-19-29/h10-12,18-19,28,30-36,41-42H,4-9,13-17,20-27H2,1-3H3/t30-,31-,32+,33-,34?,35?,36?/m1/s1. The minimum atomic E-state index is -3.10. The van der Waals surface area contributed by atoms with Crippen LogP contribution in [0, 0.1) is 11.8 Å². The molecule has 2 fully saturated rings. The van der Waals surface area contributed by atoms with Crippen LogP contribution < -0.4 is 4.46 Å². The van der Waals surface area contributed by atoms with Crippen molar-refractivity contribution in [1.82, 2.24) is 0 Å². The van der Waals surface area contributed by atoms with Crippen LogP contribution in [0.1, 0.15) is 136 Å². The number of halogens is 2. The summed E-state index contributed by atoms with van der Waals surface area (Å²) in [4.78, 5) is 12.7. The number of aliphatic hydroxyl groups is 2. The SMILES string of the molecule is CCCCCCC(F)(F)C(O)CC[C@@H]1[C@@H](CCCCCCCC([Se]c2ccccc2)C(=O)OC(C)C)[C@@H](O)C[C@H]1OC1CCCCO1. The molecule has 1 heterocycles. The zero-order valence-electron chi connectivity index (χ0n) is 29.1. The molecule has 1 aliphatic carbocycles. The molecule has 1 aliphatic heterocycles. The molecule has 2 aliphatic rings. The van der Waals surface area contributed by atoms with Crippen LogP contribution >= 0.6 is 0 Å². The summed E-state index contributed by atoms with van der Waals surface area (Å²) in [6, 6.07) is 10.2. The van der Waals surface area contributed by atoms with Crippen molar-refractivity contribution in [3.63, 3.8) is 0 Å². The van der Waals surface area contributed by atoms with Gasteiger partial charge in [0.2, 0.25) is 0 Å². The van der Waals surface area contributed by atoms with Gasteiger partial charge in [-0.2, -0.15) is 0 Å².